The molecule has 1 saturated heterocycles. The Morgan fingerprint density at radius 2 is 2.18 bits per heavy atom. The molecule has 0 aliphatic carbocycles. The number of hydrogen-bond acceptors (Lipinski definition) is 4. The zero-order chi connectivity index (χ0) is 16.1. The second-order valence-electron chi connectivity index (χ2n) is 5.32. The van der Waals surface area contributed by atoms with Gasteiger partial charge in [0, 0.05) is 17.6 Å². The lowest BCUT2D eigenvalue weighted by Crippen LogP contribution is -2.45. The van der Waals surface area contributed by atoms with E-state index in [1.165, 1.54) is 18.2 Å². The second-order valence-corrected chi connectivity index (χ2v) is 5.76. The Morgan fingerprint density at radius 1 is 1.41 bits per heavy atom. The molecule has 1 amide bonds. The van der Waals surface area contributed by atoms with Crippen molar-refractivity contribution in [3.63, 3.8) is 0 Å². The van der Waals surface area contributed by atoms with E-state index in [9.17, 15) is 14.7 Å². The fourth-order valence-electron chi connectivity index (χ4n) is 2.73. The van der Waals surface area contributed by atoms with Crippen LogP contribution in [0.4, 0.5) is 0 Å². The van der Waals surface area contributed by atoms with Crippen molar-refractivity contribution in [2.75, 3.05) is 13.2 Å². The highest BCUT2D eigenvalue weighted by molar-refractivity contribution is 6.31. The fourth-order valence-corrected chi connectivity index (χ4v) is 2.90. The van der Waals surface area contributed by atoms with Gasteiger partial charge in [0.1, 0.15) is 5.75 Å². The van der Waals surface area contributed by atoms with Crippen LogP contribution in [0.5, 0.6) is 5.75 Å². The summed E-state index contributed by atoms with van der Waals surface area (Å²) >= 11 is 5.91. The number of carbonyl (C=O) groups is 2. The fraction of sp³-hybridized carbons (Fsp3) is 0.500. The summed E-state index contributed by atoms with van der Waals surface area (Å²) in [6.07, 6.45) is 2.79. The first-order valence-electron chi connectivity index (χ1n) is 7.48. The van der Waals surface area contributed by atoms with Gasteiger partial charge in [-0.2, -0.15) is 0 Å². The molecule has 1 fully saturated rings. The summed E-state index contributed by atoms with van der Waals surface area (Å²) in [6.45, 7) is 2.65. The summed E-state index contributed by atoms with van der Waals surface area (Å²) in [5, 5.41) is 10.3. The van der Waals surface area contributed by atoms with Gasteiger partial charge < -0.3 is 14.7 Å². The molecule has 0 unspecified atom stereocenters. The number of ether oxygens (including phenoxy) is 1. The van der Waals surface area contributed by atoms with E-state index in [1.54, 1.807) is 11.8 Å². The van der Waals surface area contributed by atoms with Crippen LogP contribution in [-0.4, -0.2) is 41.1 Å². The number of likely N-dealkylation sites (tertiary alicyclic amines) is 1. The van der Waals surface area contributed by atoms with Crippen molar-refractivity contribution in [2.24, 2.45) is 0 Å². The highest BCUT2D eigenvalue weighted by Gasteiger charge is 2.30. The summed E-state index contributed by atoms with van der Waals surface area (Å²) in [6, 6.07) is 4.19. The highest BCUT2D eigenvalue weighted by atomic mass is 35.5. The van der Waals surface area contributed by atoms with E-state index in [4.69, 9.17) is 16.3 Å². The second kappa shape index (κ2) is 7.49. The molecule has 0 saturated carbocycles. The lowest BCUT2D eigenvalue weighted by molar-refractivity contribution is -0.144. The maximum Gasteiger partial charge on any atom is 0.307 e. The van der Waals surface area contributed by atoms with Gasteiger partial charge in [-0.3, -0.25) is 9.59 Å². The van der Waals surface area contributed by atoms with Gasteiger partial charge in [-0.15, -0.1) is 0 Å². The van der Waals surface area contributed by atoms with E-state index >= 15 is 0 Å². The number of rotatable bonds is 4. The number of nitrogens with zero attached hydrogens (tertiary/aromatic N) is 1. The van der Waals surface area contributed by atoms with Gasteiger partial charge in [0.05, 0.1) is 18.6 Å². The SMILES string of the molecule is CCOC(=O)C[C@H]1CCCCN1C(=O)c1cc(Cl)ccc1O. The first kappa shape index (κ1) is 16.6. The number of hydrogen-bond donors (Lipinski definition) is 1. The molecule has 2 rings (SSSR count). The van der Waals surface area contributed by atoms with Crippen molar-refractivity contribution in [3.05, 3.63) is 28.8 Å². The van der Waals surface area contributed by atoms with Gasteiger partial charge >= 0.3 is 5.97 Å². The molecule has 0 radical (unpaired) electrons. The number of carbonyl (C=O) groups excluding carboxylic acids is 2. The third-order valence-corrected chi connectivity index (χ3v) is 4.02. The van der Waals surface area contributed by atoms with Crippen LogP contribution >= 0.6 is 11.6 Å². The maximum absolute atomic E-state index is 12.7. The van der Waals surface area contributed by atoms with Crippen molar-refractivity contribution in [2.45, 2.75) is 38.6 Å². The van der Waals surface area contributed by atoms with E-state index in [1.807, 2.05) is 0 Å². The van der Waals surface area contributed by atoms with Crippen LogP contribution in [0, 0.1) is 0 Å². The minimum absolute atomic E-state index is 0.102. The van der Waals surface area contributed by atoms with Crippen molar-refractivity contribution < 1.29 is 19.4 Å². The molecule has 1 atom stereocenters. The van der Waals surface area contributed by atoms with E-state index in [0.717, 1.165) is 19.3 Å². The van der Waals surface area contributed by atoms with Crippen molar-refractivity contribution in [3.8, 4) is 5.75 Å². The number of phenolic OH excluding ortho intramolecular Hbond substituents is 1. The Kier molecular flexibility index (Phi) is 5.66. The molecule has 1 aromatic rings. The molecule has 22 heavy (non-hydrogen) atoms. The van der Waals surface area contributed by atoms with Gasteiger partial charge in [-0.05, 0) is 44.4 Å². The van der Waals surface area contributed by atoms with Crippen molar-refractivity contribution in [1.82, 2.24) is 4.90 Å². The summed E-state index contributed by atoms with van der Waals surface area (Å²) in [4.78, 5) is 26.0. The average molecular weight is 326 g/mol. The molecule has 0 spiro atoms. The van der Waals surface area contributed by atoms with E-state index in [0.29, 0.717) is 18.2 Å². The minimum atomic E-state index is -0.303. The Labute approximate surface area is 134 Å². The molecule has 0 bridgehead atoms. The smallest absolute Gasteiger partial charge is 0.307 e. The molecule has 1 aromatic carbocycles. The van der Waals surface area contributed by atoms with Gasteiger partial charge in [-0.1, -0.05) is 11.6 Å². The van der Waals surface area contributed by atoms with Crippen molar-refractivity contribution >= 4 is 23.5 Å². The van der Waals surface area contributed by atoms with Crippen molar-refractivity contribution in [1.29, 1.82) is 0 Å². The van der Waals surface area contributed by atoms with Gasteiger partial charge in [-0.25, -0.2) is 0 Å². The predicted octanol–water partition coefficient (Wildman–Crippen LogP) is 2.99. The van der Waals surface area contributed by atoms with Crippen LogP contribution in [0.1, 0.15) is 43.0 Å². The van der Waals surface area contributed by atoms with Gasteiger partial charge in [0.25, 0.3) is 5.91 Å². The number of piperidine rings is 1. The van der Waals surface area contributed by atoms with Gasteiger partial charge in [0.15, 0.2) is 0 Å². The molecule has 120 valence electrons. The first-order valence-corrected chi connectivity index (χ1v) is 7.85. The van der Waals surface area contributed by atoms with Crippen LogP contribution in [0.25, 0.3) is 0 Å². The molecular formula is C16H20ClNO4. The number of esters is 1. The van der Waals surface area contributed by atoms with Crippen LogP contribution < -0.4 is 0 Å². The van der Waals surface area contributed by atoms with Crippen LogP contribution in [-0.2, 0) is 9.53 Å². The summed E-state index contributed by atoms with van der Waals surface area (Å²) in [5.74, 6) is -0.702. The maximum atomic E-state index is 12.7. The zero-order valence-corrected chi connectivity index (χ0v) is 13.3. The number of amides is 1. The third-order valence-electron chi connectivity index (χ3n) is 3.78. The number of phenols is 1. The molecule has 5 nitrogen and oxygen atoms in total. The average Bonchev–Trinajstić information content (AvgIpc) is 2.50. The van der Waals surface area contributed by atoms with E-state index in [2.05, 4.69) is 0 Å². The lowest BCUT2D eigenvalue weighted by atomic mass is 9.98. The largest absolute Gasteiger partial charge is 0.507 e. The summed E-state index contributed by atoms with van der Waals surface area (Å²) in [5.41, 5.74) is 0.170. The number of halogens is 1. The molecule has 6 heteroatoms. The topological polar surface area (TPSA) is 66.8 Å². The van der Waals surface area contributed by atoms with Crippen LogP contribution in [0.2, 0.25) is 5.02 Å². The van der Waals surface area contributed by atoms with E-state index < -0.39 is 0 Å². The Balaban J connectivity index is 2.17. The molecule has 1 heterocycles. The Bertz CT molecular complexity index is 561. The Morgan fingerprint density at radius 3 is 2.91 bits per heavy atom. The Hall–Kier alpha value is -1.75. The number of benzene rings is 1. The summed E-state index contributed by atoms with van der Waals surface area (Å²) in [7, 11) is 0. The molecule has 1 N–H and O–H groups in total. The zero-order valence-electron chi connectivity index (χ0n) is 12.5. The third kappa shape index (κ3) is 3.91. The first-order chi connectivity index (χ1) is 10.5. The predicted molar refractivity (Wildman–Crippen MR) is 83.0 cm³/mol. The van der Waals surface area contributed by atoms with Crippen LogP contribution in [0.15, 0.2) is 18.2 Å². The highest BCUT2D eigenvalue weighted by Crippen LogP contribution is 2.27. The normalized spacial score (nSPS) is 18.1. The van der Waals surface area contributed by atoms with Gasteiger partial charge in [0.2, 0.25) is 0 Å². The molecular weight excluding hydrogens is 306 g/mol. The standard InChI is InChI=1S/C16H20ClNO4/c1-2-22-15(20)10-12-5-3-4-8-18(12)16(21)13-9-11(17)6-7-14(13)19/h6-7,9,12,19H,2-5,8,10H2,1H3/t12-/m1/s1. The monoisotopic (exact) mass is 325 g/mol. The van der Waals surface area contributed by atoms with Crippen LogP contribution in [0.3, 0.4) is 0 Å². The lowest BCUT2D eigenvalue weighted by Gasteiger charge is -2.35. The summed E-state index contributed by atoms with van der Waals surface area (Å²) < 4.78 is 4.97. The molecule has 0 aromatic heterocycles. The quantitative estimate of drug-likeness (QED) is 0.864. The number of aromatic hydroxyl groups is 1. The van der Waals surface area contributed by atoms with E-state index in [-0.39, 0.29) is 35.7 Å². The molecule has 1 aliphatic heterocycles. The molecule has 1 aliphatic rings. The minimum Gasteiger partial charge on any atom is -0.507 e.